The molecule has 140 valence electrons. The molecular formula is C21H14ClIN2O3. The predicted octanol–water partition coefficient (Wildman–Crippen LogP) is 4.93. The van der Waals surface area contributed by atoms with E-state index >= 15 is 0 Å². The number of carbonyl (C=O) groups is 2. The SMILES string of the molecule is O=C(N/N=C/c1ccc(OC(=O)c2ccccc2I)cc1)c1ccc(Cl)cc1. The molecule has 3 aromatic carbocycles. The summed E-state index contributed by atoms with van der Waals surface area (Å²) in [6.45, 7) is 0. The average Bonchev–Trinajstić information content (AvgIpc) is 2.70. The molecule has 0 aliphatic rings. The molecule has 0 fully saturated rings. The van der Waals surface area contributed by atoms with Gasteiger partial charge in [0.2, 0.25) is 0 Å². The summed E-state index contributed by atoms with van der Waals surface area (Å²) in [5.74, 6) is -0.329. The second kappa shape index (κ2) is 9.48. The Morgan fingerprint density at radius 1 is 0.964 bits per heavy atom. The minimum absolute atomic E-state index is 0.337. The molecule has 0 unspecified atom stereocenters. The summed E-state index contributed by atoms with van der Waals surface area (Å²) in [5, 5.41) is 4.48. The van der Waals surface area contributed by atoms with Crippen molar-refractivity contribution >= 4 is 52.3 Å². The van der Waals surface area contributed by atoms with Gasteiger partial charge in [-0.25, -0.2) is 10.2 Å². The highest BCUT2D eigenvalue weighted by Gasteiger charge is 2.11. The van der Waals surface area contributed by atoms with Crippen molar-refractivity contribution in [2.45, 2.75) is 0 Å². The van der Waals surface area contributed by atoms with E-state index in [9.17, 15) is 9.59 Å². The van der Waals surface area contributed by atoms with E-state index < -0.39 is 5.97 Å². The molecule has 1 N–H and O–H groups in total. The Balaban J connectivity index is 1.57. The van der Waals surface area contributed by atoms with Gasteiger partial charge >= 0.3 is 5.97 Å². The third-order valence-electron chi connectivity index (χ3n) is 3.67. The number of amides is 1. The van der Waals surface area contributed by atoms with Crippen molar-refractivity contribution in [3.05, 3.63) is 98.1 Å². The summed E-state index contributed by atoms with van der Waals surface area (Å²) < 4.78 is 6.20. The lowest BCUT2D eigenvalue weighted by atomic mass is 10.2. The standard InChI is InChI=1S/C21H14ClIN2O3/c22-16-9-7-15(8-10-16)20(26)25-24-13-14-5-11-17(12-6-14)28-21(27)18-3-1-2-4-19(18)23/h1-13H,(H,25,26)/b24-13+. The summed E-state index contributed by atoms with van der Waals surface area (Å²) in [7, 11) is 0. The zero-order valence-electron chi connectivity index (χ0n) is 14.4. The van der Waals surface area contributed by atoms with E-state index in [-0.39, 0.29) is 5.91 Å². The number of halogens is 2. The van der Waals surface area contributed by atoms with Gasteiger partial charge in [0.15, 0.2) is 0 Å². The first-order valence-electron chi connectivity index (χ1n) is 8.19. The molecule has 0 aliphatic carbocycles. The largest absolute Gasteiger partial charge is 0.423 e. The molecule has 0 aromatic heterocycles. The third kappa shape index (κ3) is 5.40. The van der Waals surface area contributed by atoms with Crippen LogP contribution < -0.4 is 10.2 Å². The second-order valence-corrected chi connectivity index (χ2v) is 7.24. The minimum Gasteiger partial charge on any atom is -0.423 e. The van der Waals surface area contributed by atoms with Crippen LogP contribution in [0.3, 0.4) is 0 Å². The van der Waals surface area contributed by atoms with E-state index in [0.717, 1.165) is 9.13 Å². The Labute approximate surface area is 180 Å². The maximum Gasteiger partial charge on any atom is 0.344 e. The lowest BCUT2D eigenvalue weighted by molar-refractivity contribution is 0.0733. The van der Waals surface area contributed by atoms with Crippen molar-refractivity contribution in [2.75, 3.05) is 0 Å². The van der Waals surface area contributed by atoms with Crippen LogP contribution in [0.1, 0.15) is 26.3 Å². The minimum atomic E-state index is -0.415. The highest BCUT2D eigenvalue weighted by atomic mass is 127. The van der Waals surface area contributed by atoms with Crippen LogP contribution in [0.4, 0.5) is 0 Å². The molecule has 0 heterocycles. The third-order valence-corrected chi connectivity index (χ3v) is 4.86. The predicted molar refractivity (Wildman–Crippen MR) is 117 cm³/mol. The van der Waals surface area contributed by atoms with Gasteiger partial charge in [-0.2, -0.15) is 5.10 Å². The zero-order chi connectivity index (χ0) is 19.9. The fourth-order valence-corrected chi connectivity index (χ4v) is 2.98. The first-order valence-corrected chi connectivity index (χ1v) is 9.64. The van der Waals surface area contributed by atoms with Crippen LogP contribution in [-0.4, -0.2) is 18.1 Å². The monoisotopic (exact) mass is 504 g/mol. The van der Waals surface area contributed by atoms with Gasteiger partial charge in [0, 0.05) is 14.2 Å². The Morgan fingerprint density at radius 2 is 1.64 bits per heavy atom. The average molecular weight is 505 g/mol. The molecule has 0 spiro atoms. The van der Waals surface area contributed by atoms with Gasteiger partial charge < -0.3 is 4.74 Å². The van der Waals surface area contributed by atoms with E-state index in [2.05, 4.69) is 33.1 Å². The molecule has 3 rings (SSSR count). The van der Waals surface area contributed by atoms with E-state index in [4.69, 9.17) is 16.3 Å². The van der Waals surface area contributed by atoms with Crippen molar-refractivity contribution in [1.29, 1.82) is 0 Å². The molecule has 0 saturated heterocycles. The topological polar surface area (TPSA) is 67.8 Å². The van der Waals surface area contributed by atoms with Crippen LogP contribution in [0, 0.1) is 3.57 Å². The van der Waals surface area contributed by atoms with E-state index in [1.807, 2.05) is 12.1 Å². The van der Waals surface area contributed by atoms with Crippen LogP contribution in [0.25, 0.3) is 0 Å². The molecule has 28 heavy (non-hydrogen) atoms. The van der Waals surface area contributed by atoms with Crippen LogP contribution in [0.2, 0.25) is 5.02 Å². The summed E-state index contributed by atoms with van der Waals surface area (Å²) in [6, 6.07) is 20.5. The Hall–Kier alpha value is -2.71. The molecule has 3 aromatic rings. The van der Waals surface area contributed by atoms with Crippen LogP contribution in [-0.2, 0) is 0 Å². The van der Waals surface area contributed by atoms with Gasteiger partial charge in [0.05, 0.1) is 11.8 Å². The number of carbonyl (C=O) groups excluding carboxylic acids is 2. The summed E-state index contributed by atoms with van der Waals surface area (Å²) in [6.07, 6.45) is 1.50. The van der Waals surface area contributed by atoms with Gasteiger partial charge in [-0.05, 0) is 88.8 Å². The lowest BCUT2D eigenvalue weighted by Gasteiger charge is -2.06. The van der Waals surface area contributed by atoms with Crippen molar-refractivity contribution in [3.8, 4) is 5.75 Å². The fraction of sp³-hybridized carbons (Fsp3) is 0. The first-order chi connectivity index (χ1) is 13.5. The molecule has 0 bridgehead atoms. The van der Waals surface area contributed by atoms with Gasteiger partial charge in [0.1, 0.15) is 5.75 Å². The summed E-state index contributed by atoms with van der Waals surface area (Å²) in [5.41, 5.74) is 4.15. The molecule has 0 atom stereocenters. The van der Waals surface area contributed by atoms with E-state index in [1.165, 1.54) is 6.21 Å². The maximum atomic E-state index is 12.2. The summed E-state index contributed by atoms with van der Waals surface area (Å²) >= 11 is 7.88. The van der Waals surface area contributed by atoms with Crippen molar-refractivity contribution in [2.24, 2.45) is 5.10 Å². The van der Waals surface area contributed by atoms with E-state index in [1.54, 1.807) is 60.7 Å². The number of ether oxygens (including phenoxy) is 1. The molecule has 7 heteroatoms. The smallest absolute Gasteiger partial charge is 0.344 e. The normalized spacial score (nSPS) is 10.6. The molecule has 0 radical (unpaired) electrons. The number of esters is 1. The quantitative estimate of drug-likeness (QED) is 0.176. The molecular weight excluding hydrogens is 491 g/mol. The van der Waals surface area contributed by atoms with Crippen LogP contribution in [0.5, 0.6) is 5.75 Å². The number of benzene rings is 3. The van der Waals surface area contributed by atoms with Gasteiger partial charge in [-0.15, -0.1) is 0 Å². The van der Waals surface area contributed by atoms with Crippen LogP contribution >= 0.6 is 34.2 Å². The first kappa shape index (κ1) is 20.0. The molecule has 1 amide bonds. The lowest BCUT2D eigenvalue weighted by Crippen LogP contribution is -2.17. The molecule has 5 nitrogen and oxygen atoms in total. The number of hydrogen-bond acceptors (Lipinski definition) is 4. The molecule has 0 aliphatic heterocycles. The Morgan fingerprint density at radius 3 is 2.32 bits per heavy atom. The fourth-order valence-electron chi connectivity index (χ4n) is 2.24. The Kier molecular flexibility index (Phi) is 6.78. The van der Waals surface area contributed by atoms with Gasteiger partial charge in [-0.1, -0.05) is 23.7 Å². The Bertz CT molecular complexity index is 1020. The number of nitrogens with one attached hydrogen (secondary N) is 1. The van der Waals surface area contributed by atoms with Crippen molar-refractivity contribution < 1.29 is 14.3 Å². The number of rotatable bonds is 5. The summed E-state index contributed by atoms with van der Waals surface area (Å²) in [4.78, 5) is 24.2. The zero-order valence-corrected chi connectivity index (χ0v) is 17.3. The van der Waals surface area contributed by atoms with Crippen molar-refractivity contribution in [1.82, 2.24) is 5.43 Å². The second-order valence-electron chi connectivity index (χ2n) is 5.64. The van der Waals surface area contributed by atoms with Crippen molar-refractivity contribution in [3.63, 3.8) is 0 Å². The number of nitrogens with zero attached hydrogens (tertiary/aromatic N) is 1. The van der Waals surface area contributed by atoms with E-state index in [0.29, 0.717) is 21.9 Å². The van der Waals surface area contributed by atoms with Gasteiger partial charge in [0.25, 0.3) is 5.91 Å². The van der Waals surface area contributed by atoms with Gasteiger partial charge in [-0.3, -0.25) is 4.79 Å². The highest BCUT2D eigenvalue weighted by molar-refractivity contribution is 14.1. The van der Waals surface area contributed by atoms with Crippen LogP contribution in [0.15, 0.2) is 77.9 Å². The highest BCUT2D eigenvalue weighted by Crippen LogP contribution is 2.17. The number of hydrogen-bond donors (Lipinski definition) is 1. The maximum absolute atomic E-state index is 12.2. The number of hydrazone groups is 1. The molecule has 0 saturated carbocycles.